The average molecular weight is 501 g/mol. The van der Waals surface area contributed by atoms with E-state index in [0.29, 0.717) is 45.2 Å². The molecule has 8 heteroatoms. The largest absolute Gasteiger partial charge is 0.350 e. The number of aromatic nitrogens is 2. The van der Waals surface area contributed by atoms with Crippen LogP contribution in [0.3, 0.4) is 0 Å². The molecule has 2 aliphatic rings. The number of rotatable bonds is 5. The molecule has 182 valence electrons. The molecule has 0 unspecified atom stereocenters. The first-order chi connectivity index (χ1) is 17.4. The van der Waals surface area contributed by atoms with E-state index in [4.69, 9.17) is 0 Å². The van der Waals surface area contributed by atoms with Gasteiger partial charge in [0.05, 0.1) is 27.0 Å². The summed E-state index contributed by atoms with van der Waals surface area (Å²) in [5, 5.41) is 4.70. The first-order valence-electron chi connectivity index (χ1n) is 12.1. The van der Waals surface area contributed by atoms with Crippen LogP contribution in [0, 0.1) is 25.6 Å². The number of benzene rings is 2. The highest BCUT2D eigenvalue weighted by Gasteiger charge is 2.54. The second-order valence-electron chi connectivity index (χ2n) is 9.63. The van der Waals surface area contributed by atoms with Gasteiger partial charge in [0, 0.05) is 24.2 Å². The minimum Gasteiger partial charge on any atom is -0.350 e. The van der Waals surface area contributed by atoms with Gasteiger partial charge in [-0.15, -0.1) is 11.3 Å². The van der Waals surface area contributed by atoms with E-state index in [1.807, 2.05) is 42.2 Å². The lowest BCUT2D eigenvalue weighted by Crippen LogP contribution is -2.45. The lowest BCUT2D eigenvalue weighted by atomic mass is 10.1. The summed E-state index contributed by atoms with van der Waals surface area (Å²) < 4.78 is 14.3. The van der Waals surface area contributed by atoms with E-state index in [2.05, 4.69) is 15.3 Å². The molecule has 4 aromatic rings. The van der Waals surface area contributed by atoms with Crippen LogP contribution in [0.1, 0.15) is 44.3 Å². The van der Waals surface area contributed by atoms with Crippen molar-refractivity contribution >= 4 is 34.1 Å². The number of aryl methyl sites for hydroxylation is 2. The number of carbonyl (C=O) groups is 2. The molecule has 0 radical (unpaired) electrons. The monoisotopic (exact) mass is 500 g/mol. The third kappa shape index (κ3) is 3.95. The van der Waals surface area contributed by atoms with Gasteiger partial charge in [-0.1, -0.05) is 30.3 Å². The van der Waals surface area contributed by atoms with Gasteiger partial charge in [-0.3, -0.25) is 14.6 Å². The number of hydrogen-bond acceptors (Lipinski definition) is 5. The van der Waals surface area contributed by atoms with Crippen molar-refractivity contribution in [3.05, 3.63) is 82.4 Å². The van der Waals surface area contributed by atoms with Crippen molar-refractivity contribution in [3.8, 4) is 10.4 Å². The van der Waals surface area contributed by atoms with E-state index < -0.39 is 0 Å². The molecule has 1 saturated heterocycles. The first-order valence-corrected chi connectivity index (χ1v) is 12.9. The van der Waals surface area contributed by atoms with Crippen LogP contribution in [0.2, 0.25) is 0 Å². The normalized spacial score (nSPS) is 20.4. The number of para-hydroxylation sites is 1. The Labute approximate surface area is 212 Å². The Balaban J connectivity index is 1.24. The van der Waals surface area contributed by atoms with Crippen molar-refractivity contribution in [1.82, 2.24) is 20.2 Å². The molecule has 6 nitrogen and oxygen atoms in total. The quantitative estimate of drug-likeness (QED) is 0.411. The Morgan fingerprint density at radius 2 is 1.97 bits per heavy atom. The summed E-state index contributed by atoms with van der Waals surface area (Å²) in [6.07, 6.45) is 3.50. The number of nitrogens with one attached hydrogen (secondary N) is 1. The van der Waals surface area contributed by atoms with Crippen molar-refractivity contribution in [2.75, 3.05) is 6.54 Å². The van der Waals surface area contributed by atoms with Crippen LogP contribution in [-0.2, 0) is 0 Å². The number of halogens is 1. The number of amides is 2. The number of carbonyl (C=O) groups excluding carboxylic acids is 2. The molecule has 36 heavy (non-hydrogen) atoms. The highest BCUT2D eigenvalue weighted by molar-refractivity contribution is 7.15. The van der Waals surface area contributed by atoms with Crippen LogP contribution < -0.4 is 5.32 Å². The van der Waals surface area contributed by atoms with Gasteiger partial charge in [0.2, 0.25) is 0 Å². The molecule has 2 aromatic heterocycles. The van der Waals surface area contributed by atoms with Crippen molar-refractivity contribution in [2.24, 2.45) is 5.92 Å². The van der Waals surface area contributed by atoms with Crippen LogP contribution in [0.5, 0.6) is 0 Å². The number of piperidine rings is 1. The van der Waals surface area contributed by atoms with Gasteiger partial charge in [0.25, 0.3) is 11.8 Å². The topological polar surface area (TPSA) is 75.2 Å². The molecule has 6 rings (SSSR count). The highest BCUT2D eigenvalue weighted by atomic mass is 32.1. The van der Waals surface area contributed by atoms with E-state index >= 15 is 0 Å². The number of thiazole rings is 1. The van der Waals surface area contributed by atoms with Crippen molar-refractivity contribution in [1.29, 1.82) is 0 Å². The maximum absolute atomic E-state index is 14.3. The smallest absolute Gasteiger partial charge is 0.274 e. The Kier molecular flexibility index (Phi) is 5.56. The molecule has 3 atom stereocenters. The summed E-state index contributed by atoms with van der Waals surface area (Å²) in [6.45, 7) is 3.93. The summed E-state index contributed by atoms with van der Waals surface area (Å²) in [6, 6.07) is 14.4. The van der Waals surface area contributed by atoms with Crippen LogP contribution in [0.25, 0.3) is 21.3 Å². The van der Waals surface area contributed by atoms with Crippen molar-refractivity contribution < 1.29 is 14.0 Å². The van der Waals surface area contributed by atoms with Gasteiger partial charge in [-0.2, -0.15) is 0 Å². The minimum atomic E-state index is -0.302. The van der Waals surface area contributed by atoms with E-state index in [1.165, 1.54) is 17.4 Å². The standard InChI is InChI=1S/C28H25FN4O2S/c1-15-8-9-18(12-22(15)29)26-25(32-16(2)36-26)28(35)33-20(11-19-13-23(19)33)14-31-27(34)21-7-3-5-17-6-4-10-30-24(17)21/h3-10,12,19-20,23H,11,13-14H2,1-2H3,(H,31,34)/t19-,20+,23+/m1/s1. The van der Waals surface area contributed by atoms with Gasteiger partial charge in [-0.25, -0.2) is 9.37 Å². The van der Waals surface area contributed by atoms with Gasteiger partial charge in [-0.05, 0) is 61.9 Å². The summed E-state index contributed by atoms with van der Waals surface area (Å²) >= 11 is 1.40. The lowest BCUT2D eigenvalue weighted by molar-refractivity contribution is 0.0684. The predicted octanol–water partition coefficient (Wildman–Crippen LogP) is 5.15. The van der Waals surface area contributed by atoms with Crippen LogP contribution in [0.4, 0.5) is 4.39 Å². The van der Waals surface area contributed by atoms with Gasteiger partial charge in [0.15, 0.2) is 0 Å². The molecule has 3 heterocycles. The Morgan fingerprint density at radius 3 is 2.81 bits per heavy atom. The first kappa shape index (κ1) is 22.8. The van der Waals surface area contributed by atoms with Gasteiger partial charge in [0.1, 0.15) is 11.5 Å². The lowest BCUT2D eigenvalue weighted by Gasteiger charge is -2.27. The fourth-order valence-electron chi connectivity index (χ4n) is 5.27. The van der Waals surface area contributed by atoms with E-state index in [0.717, 1.165) is 23.2 Å². The Hall–Kier alpha value is -3.65. The predicted molar refractivity (Wildman–Crippen MR) is 138 cm³/mol. The van der Waals surface area contributed by atoms with E-state index in [9.17, 15) is 14.0 Å². The van der Waals surface area contributed by atoms with E-state index in [1.54, 1.807) is 25.3 Å². The maximum atomic E-state index is 14.3. The van der Waals surface area contributed by atoms with Gasteiger partial charge >= 0.3 is 0 Å². The minimum absolute atomic E-state index is 0.113. The number of hydrogen-bond donors (Lipinski definition) is 1. The molecule has 1 saturated carbocycles. The fourth-order valence-corrected chi connectivity index (χ4v) is 6.18. The third-order valence-electron chi connectivity index (χ3n) is 7.19. The average Bonchev–Trinajstić information content (AvgIpc) is 3.37. The number of likely N-dealkylation sites (tertiary alicyclic amines) is 1. The molecule has 2 fully saturated rings. The molecule has 2 aromatic carbocycles. The zero-order valence-corrected chi connectivity index (χ0v) is 20.8. The second-order valence-corrected chi connectivity index (χ2v) is 10.8. The summed E-state index contributed by atoms with van der Waals surface area (Å²) in [5.74, 6) is -0.196. The Bertz CT molecular complexity index is 1510. The SMILES string of the molecule is Cc1nc(C(=O)N2[C@H](CNC(=O)c3cccc4cccnc34)C[C@@H]3C[C@@H]32)c(-c2ccc(C)c(F)c2)s1. The molecule has 2 amide bonds. The zero-order valence-electron chi connectivity index (χ0n) is 20.0. The summed E-state index contributed by atoms with van der Waals surface area (Å²) in [5.41, 5.74) is 2.76. The molecular formula is C28H25FN4O2S. The maximum Gasteiger partial charge on any atom is 0.274 e. The van der Waals surface area contributed by atoms with Crippen molar-refractivity contribution in [2.45, 2.75) is 38.8 Å². The van der Waals surface area contributed by atoms with Crippen LogP contribution >= 0.6 is 11.3 Å². The summed E-state index contributed by atoms with van der Waals surface area (Å²) in [7, 11) is 0. The Morgan fingerprint density at radius 1 is 1.14 bits per heavy atom. The molecular weight excluding hydrogens is 475 g/mol. The second kappa shape index (κ2) is 8.78. The summed E-state index contributed by atoms with van der Waals surface area (Å²) in [4.78, 5) is 38.4. The number of nitrogens with zero attached hydrogens (tertiary/aromatic N) is 3. The third-order valence-corrected chi connectivity index (χ3v) is 8.21. The molecule has 0 bridgehead atoms. The zero-order chi connectivity index (χ0) is 25.0. The van der Waals surface area contributed by atoms with Gasteiger partial charge < -0.3 is 10.2 Å². The molecule has 1 aliphatic heterocycles. The number of fused-ring (bicyclic) bond motifs is 2. The van der Waals surface area contributed by atoms with Crippen molar-refractivity contribution in [3.63, 3.8) is 0 Å². The van der Waals surface area contributed by atoms with E-state index in [-0.39, 0.29) is 29.7 Å². The highest BCUT2D eigenvalue weighted by Crippen LogP contribution is 2.48. The fraction of sp³-hybridized carbons (Fsp3) is 0.286. The number of pyridine rings is 1. The van der Waals surface area contributed by atoms with Crippen LogP contribution in [0.15, 0.2) is 54.7 Å². The van der Waals surface area contributed by atoms with Crippen LogP contribution in [-0.4, -0.2) is 45.3 Å². The molecule has 1 N–H and O–H groups in total. The molecule has 0 spiro atoms. The molecule has 1 aliphatic carbocycles.